The number of esters is 1. The molecule has 0 saturated heterocycles. The van der Waals surface area contributed by atoms with Gasteiger partial charge in [0.2, 0.25) is 0 Å². The molecule has 1 N–H and O–H groups in total. The predicted molar refractivity (Wildman–Crippen MR) is 70.4 cm³/mol. The maximum atomic E-state index is 11.6. The van der Waals surface area contributed by atoms with E-state index in [0.29, 0.717) is 6.61 Å². The second-order valence-corrected chi connectivity index (χ2v) is 4.58. The van der Waals surface area contributed by atoms with Crippen LogP contribution < -0.4 is 5.32 Å². The number of thioether (sulfide) groups is 1. The molecule has 0 spiro atoms. The second kappa shape index (κ2) is 5.77. The van der Waals surface area contributed by atoms with Crippen molar-refractivity contribution in [3.05, 3.63) is 41.3 Å². The van der Waals surface area contributed by atoms with Gasteiger partial charge in [0.05, 0.1) is 6.61 Å². The molecule has 17 heavy (non-hydrogen) atoms. The number of hydrogen-bond donors (Lipinski definition) is 1. The minimum Gasteiger partial charge on any atom is -0.464 e. The first-order chi connectivity index (χ1) is 8.31. The molecule has 0 radical (unpaired) electrons. The molecule has 1 aromatic carbocycles. The van der Waals surface area contributed by atoms with E-state index in [2.05, 4.69) is 5.32 Å². The van der Waals surface area contributed by atoms with Gasteiger partial charge >= 0.3 is 5.97 Å². The normalized spacial score (nSPS) is 19.1. The van der Waals surface area contributed by atoms with Crippen LogP contribution >= 0.6 is 11.8 Å². The Morgan fingerprint density at radius 1 is 1.47 bits per heavy atom. The Morgan fingerprint density at radius 2 is 2.24 bits per heavy atom. The van der Waals surface area contributed by atoms with Crippen LogP contribution in [0.3, 0.4) is 0 Å². The summed E-state index contributed by atoms with van der Waals surface area (Å²) in [5, 5.41) is 5.27. The summed E-state index contributed by atoms with van der Waals surface area (Å²) in [7, 11) is 0. The lowest BCUT2D eigenvalue weighted by Gasteiger charge is -2.23. The van der Waals surface area contributed by atoms with Crippen LogP contribution in [0.2, 0.25) is 0 Å². The Morgan fingerprint density at radius 3 is 2.94 bits per heavy atom. The Bertz CT molecular complexity index is 417. The third kappa shape index (κ3) is 3.03. The molecule has 0 bridgehead atoms. The standard InChI is InChI=1S/C13H15NO2S/c1-2-16-13(15)12-9-17-8-11(14-12)10-6-4-3-5-7-10/h3-8,12,14H,2,9H2,1H3. The molecule has 0 saturated carbocycles. The minimum atomic E-state index is -0.250. The molecule has 1 unspecified atom stereocenters. The summed E-state index contributed by atoms with van der Waals surface area (Å²) in [6, 6.07) is 9.73. The quantitative estimate of drug-likeness (QED) is 0.834. The Hall–Kier alpha value is -1.42. The van der Waals surface area contributed by atoms with E-state index in [1.54, 1.807) is 11.8 Å². The highest BCUT2D eigenvalue weighted by atomic mass is 32.2. The number of benzene rings is 1. The minimum absolute atomic E-state index is 0.179. The SMILES string of the molecule is CCOC(=O)C1CSC=C(c2ccccc2)N1. The first-order valence-electron chi connectivity index (χ1n) is 5.61. The second-order valence-electron chi connectivity index (χ2n) is 3.68. The number of rotatable bonds is 3. The molecule has 90 valence electrons. The van der Waals surface area contributed by atoms with Crippen molar-refractivity contribution in [1.29, 1.82) is 0 Å². The third-order valence-electron chi connectivity index (χ3n) is 2.45. The van der Waals surface area contributed by atoms with Crippen molar-refractivity contribution in [1.82, 2.24) is 5.32 Å². The smallest absolute Gasteiger partial charge is 0.329 e. The van der Waals surface area contributed by atoms with Crippen molar-refractivity contribution in [2.75, 3.05) is 12.4 Å². The molecule has 0 aromatic heterocycles. The summed E-state index contributed by atoms with van der Waals surface area (Å²) >= 11 is 1.63. The van der Waals surface area contributed by atoms with Crippen LogP contribution in [-0.4, -0.2) is 24.4 Å². The van der Waals surface area contributed by atoms with E-state index < -0.39 is 0 Å². The summed E-state index contributed by atoms with van der Waals surface area (Å²) in [6.45, 7) is 2.24. The average Bonchev–Trinajstić information content (AvgIpc) is 2.40. The van der Waals surface area contributed by atoms with E-state index in [1.165, 1.54) is 0 Å². The van der Waals surface area contributed by atoms with E-state index in [0.717, 1.165) is 17.0 Å². The average molecular weight is 249 g/mol. The highest BCUT2D eigenvalue weighted by molar-refractivity contribution is 8.02. The van der Waals surface area contributed by atoms with Crippen LogP contribution in [0.25, 0.3) is 5.70 Å². The van der Waals surface area contributed by atoms with Crippen LogP contribution in [0.1, 0.15) is 12.5 Å². The van der Waals surface area contributed by atoms with Crippen molar-refractivity contribution < 1.29 is 9.53 Å². The van der Waals surface area contributed by atoms with Crippen LogP contribution in [0, 0.1) is 0 Å². The van der Waals surface area contributed by atoms with Crippen LogP contribution in [0.15, 0.2) is 35.7 Å². The summed E-state index contributed by atoms with van der Waals surface area (Å²) in [4.78, 5) is 11.6. The fourth-order valence-electron chi connectivity index (χ4n) is 1.63. The van der Waals surface area contributed by atoms with E-state index in [1.807, 2.05) is 42.7 Å². The van der Waals surface area contributed by atoms with E-state index in [-0.39, 0.29) is 12.0 Å². The van der Waals surface area contributed by atoms with Gasteiger partial charge in [0.25, 0.3) is 0 Å². The van der Waals surface area contributed by atoms with Crippen molar-refractivity contribution in [3.63, 3.8) is 0 Å². The fourth-order valence-corrected chi connectivity index (χ4v) is 2.51. The summed E-state index contributed by atoms with van der Waals surface area (Å²) in [5.74, 6) is 0.538. The molecule has 0 amide bonds. The molecule has 0 fully saturated rings. The van der Waals surface area contributed by atoms with E-state index >= 15 is 0 Å². The Balaban J connectivity index is 2.07. The summed E-state index contributed by atoms with van der Waals surface area (Å²) in [6.07, 6.45) is 0. The van der Waals surface area contributed by atoms with Gasteiger partial charge in [0.15, 0.2) is 0 Å². The summed E-state index contributed by atoms with van der Waals surface area (Å²) in [5.41, 5.74) is 2.08. The van der Waals surface area contributed by atoms with Crippen LogP contribution in [0.5, 0.6) is 0 Å². The molecule has 1 atom stereocenters. The Kier molecular flexibility index (Phi) is 4.09. The topological polar surface area (TPSA) is 38.3 Å². The van der Waals surface area contributed by atoms with Crippen molar-refractivity contribution in [3.8, 4) is 0 Å². The first kappa shape index (κ1) is 12.0. The predicted octanol–water partition coefficient (Wildman–Crippen LogP) is 2.25. The number of nitrogens with one attached hydrogen (secondary N) is 1. The fraction of sp³-hybridized carbons (Fsp3) is 0.308. The van der Waals surface area contributed by atoms with E-state index in [4.69, 9.17) is 4.74 Å². The van der Waals surface area contributed by atoms with Gasteiger partial charge in [-0.1, -0.05) is 30.3 Å². The molecule has 0 aliphatic carbocycles. The molecule has 1 aliphatic rings. The zero-order valence-corrected chi connectivity index (χ0v) is 10.5. The molecular weight excluding hydrogens is 234 g/mol. The third-order valence-corrected chi connectivity index (χ3v) is 3.38. The lowest BCUT2D eigenvalue weighted by atomic mass is 10.1. The maximum absolute atomic E-state index is 11.6. The van der Waals surface area contributed by atoms with Crippen LogP contribution in [-0.2, 0) is 9.53 Å². The largest absolute Gasteiger partial charge is 0.464 e. The van der Waals surface area contributed by atoms with E-state index in [9.17, 15) is 4.79 Å². The molecule has 1 aliphatic heterocycles. The van der Waals surface area contributed by atoms with Gasteiger partial charge in [-0.15, -0.1) is 11.8 Å². The lowest BCUT2D eigenvalue weighted by Crippen LogP contribution is -2.40. The molecule has 4 heteroatoms. The number of carbonyl (C=O) groups excluding carboxylic acids is 1. The highest BCUT2D eigenvalue weighted by Gasteiger charge is 2.23. The van der Waals surface area contributed by atoms with Gasteiger partial charge in [0, 0.05) is 11.4 Å². The number of hydrogen-bond acceptors (Lipinski definition) is 4. The Labute approximate surface area is 105 Å². The highest BCUT2D eigenvalue weighted by Crippen LogP contribution is 2.22. The molecule has 1 heterocycles. The first-order valence-corrected chi connectivity index (χ1v) is 6.66. The van der Waals surface area contributed by atoms with Gasteiger partial charge in [0.1, 0.15) is 6.04 Å². The maximum Gasteiger partial charge on any atom is 0.329 e. The number of carbonyl (C=O) groups is 1. The van der Waals surface area contributed by atoms with Crippen molar-refractivity contribution in [2.45, 2.75) is 13.0 Å². The van der Waals surface area contributed by atoms with Gasteiger partial charge in [-0.05, 0) is 17.9 Å². The zero-order valence-electron chi connectivity index (χ0n) is 9.68. The van der Waals surface area contributed by atoms with Crippen LogP contribution in [0.4, 0.5) is 0 Å². The van der Waals surface area contributed by atoms with Gasteiger partial charge in [-0.25, -0.2) is 4.79 Å². The zero-order chi connectivity index (χ0) is 12.1. The van der Waals surface area contributed by atoms with Crippen molar-refractivity contribution >= 4 is 23.4 Å². The van der Waals surface area contributed by atoms with Crippen molar-refractivity contribution in [2.24, 2.45) is 0 Å². The van der Waals surface area contributed by atoms with Gasteiger partial charge in [-0.3, -0.25) is 0 Å². The van der Waals surface area contributed by atoms with Gasteiger partial charge < -0.3 is 10.1 Å². The molecule has 2 rings (SSSR count). The molecule has 3 nitrogen and oxygen atoms in total. The lowest BCUT2D eigenvalue weighted by molar-refractivity contribution is -0.144. The van der Waals surface area contributed by atoms with Gasteiger partial charge in [-0.2, -0.15) is 0 Å². The summed E-state index contributed by atoms with van der Waals surface area (Å²) < 4.78 is 5.02. The molecule has 1 aromatic rings. The monoisotopic (exact) mass is 249 g/mol. The molecular formula is C13H15NO2S. The number of ether oxygens (including phenoxy) is 1.